The van der Waals surface area contributed by atoms with Gasteiger partial charge >= 0.3 is 12.1 Å². The third-order valence-corrected chi connectivity index (χ3v) is 4.15. The Morgan fingerprint density at radius 1 is 1.10 bits per heavy atom. The first-order chi connectivity index (χ1) is 14.6. The zero-order valence-electron chi connectivity index (χ0n) is 17.7. The highest BCUT2D eigenvalue weighted by molar-refractivity contribution is 6.12. The van der Waals surface area contributed by atoms with Crippen LogP contribution in [-0.4, -0.2) is 52.2 Å². The molecule has 2 aromatic rings. The van der Waals surface area contributed by atoms with E-state index in [-0.39, 0.29) is 41.0 Å². The van der Waals surface area contributed by atoms with Crippen molar-refractivity contribution in [2.75, 3.05) is 20.0 Å². The van der Waals surface area contributed by atoms with Crippen molar-refractivity contribution in [2.45, 2.75) is 33.6 Å². The maximum absolute atomic E-state index is 13.2. The number of ketones is 1. The van der Waals surface area contributed by atoms with Gasteiger partial charge in [-0.2, -0.15) is 5.10 Å². The van der Waals surface area contributed by atoms with Crippen molar-refractivity contribution in [2.24, 2.45) is 5.92 Å². The van der Waals surface area contributed by atoms with Crippen molar-refractivity contribution in [1.29, 1.82) is 0 Å². The highest BCUT2D eigenvalue weighted by Gasteiger charge is 2.28. The molecule has 1 aromatic carbocycles. The Bertz CT molecular complexity index is 986. The van der Waals surface area contributed by atoms with Crippen LogP contribution in [0.2, 0.25) is 0 Å². The predicted molar refractivity (Wildman–Crippen MR) is 106 cm³/mol. The van der Waals surface area contributed by atoms with Gasteiger partial charge in [0, 0.05) is 11.8 Å². The standard InChI is InChI=1S/C19H24N4O8/c1-9(2)18(25)30-8-23-21-15(10(3)31-19(26)27)16(22-23)17(24)11-6-13(28-4)14(29-5)7-12(11)20/h6-7,9-10H,8,20H2,1-5H3,(H,26,27). The maximum Gasteiger partial charge on any atom is 0.506 e. The number of benzene rings is 1. The first kappa shape index (κ1) is 23.4. The van der Waals surface area contributed by atoms with Crippen LogP contribution in [0.3, 0.4) is 0 Å². The number of ether oxygens (including phenoxy) is 4. The zero-order valence-corrected chi connectivity index (χ0v) is 17.7. The Morgan fingerprint density at radius 3 is 2.26 bits per heavy atom. The lowest BCUT2D eigenvalue weighted by Gasteiger charge is -2.12. The fraction of sp³-hybridized carbons (Fsp3) is 0.421. The molecule has 12 nitrogen and oxygen atoms in total. The SMILES string of the molecule is COc1cc(N)c(C(=O)c2nn(COC(=O)C(C)C)nc2C(C)OC(=O)O)cc1OC. The van der Waals surface area contributed by atoms with E-state index in [1.807, 2.05) is 0 Å². The van der Waals surface area contributed by atoms with Crippen molar-refractivity contribution >= 4 is 23.6 Å². The van der Waals surface area contributed by atoms with Crippen LogP contribution in [0.4, 0.5) is 10.5 Å². The molecule has 0 spiro atoms. The van der Waals surface area contributed by atoms with Crippen LogP contribution in [0.1, 0.15) is 48.6 Å². The predicted octanol–water partition coefficient (Wildman–Crippen LogP) is 2.02. The second kappa shape index (κ2) is 9.78. The molecule has 0 aliphatic carbocycles. The number of rotatable bonds is 9. The summed E-state index contributed by atoms with van der Waals surface area (Å²) in [7, 11) is 2.82. The molecule has 0 saturated carbocycles. The normalized spacial score (nSPS) is 11.7. The first-order valence-corrected chi connectivity index (χ1v) is 9.16. The minimum atomic E-state index is -1.56. The molecule has 1 unspecified atom stereocenters. The van der Waals surface area contributed by atoms with Crippen molar-refractivity contribution < 1.29 is 38.4 Å². The van der Waals surface area contributed by atoms with E-state index in [0.717, 1.165) is 4.80 Å². The zero-order chi connectivity index (χ0) is 23.3. The Balaban J connectivity index is 2.48. The maximum atomic E-state index is 13.2. The van der Waals surface area contributed by atoms with Gasteiger partial charge in [-0.25, -0.2) is 4.79 Å². The van der Waals surface area contributed by atoms with Crippen LogP contribution >= 0.6 is 0 Å². The van der Waals surface area contributed by atoms with Gasteiger partial charge in [0.15, 0.2) is 17.2 Å². The Hall–Kier alpha value is -3.83. The number of nitrogens with zero attached hydrogens (tertiary/aromatic N) is 3. The third-order valence-electron chi connectivity index (χ3n) is 4.15. The van der Waals surface area contributed by atoms with E-state index in [1.165, 1.54) is 33.3 Å². The van der Waals surface area contributed by atoms with Gasteiger partial charge in [0.25, 0.3) is 0 Å². The molecule has 0 radical (unpaired) electrons. The molecule has 12 heteroatoms. The molecule has 0 fully saturated rings. The van der Waals surface area contributed by atoms with E-state index in [1.54, 1.807) is 13.8 Å². The second-order valence-corrected chi connectivity index (χ2v) is 6.70. The van der Waals surface area contributed by atoms with Crippen LogP contribution in [0.25, 0.3) is 0 Å². The molecule has 2 rings (SSSR count). The van der Waals surface area contributed by atoms with Crippen LogP contribution < -0.4 is 15.2 Å². The van der Waals surface area contributed by atoms with Crippen LogP contribution in [-0.2, 0) is 21.0 Å². The van der Waals surface area contributed by atoms with E-state index in [4.69, 9.17) is 29.8 Å². The number of methoxy groups -OCH3 is 2. The van der Waals surface area contributed by atoms with Crippen molar-refractivity contribution in [3.05, 3.63) is 29.1 Å². The minimum Gasteiger partial charge on any atom is -0.493 e. The van der Waals surface area contributed by atoms with Gasteiger partial charge in [0.05, 0.1) is 25.7 Å². The average Bonchev–Trinajstić information content (AvgIpc) is 3.15. The summed E-state index contributed by atoms with van der Waals surface area (Å²) in [5.41, 5.74) is 5.84. The number of hydrogen-bond donors (Lipinski definition) is 2. The topological polar surface area (TPSA) is 165 Å². The summed E-state index contributed by atoms with van der Waals surface area (Å²) in [5.74, 6) is -0.948. The number of carbonyl (C=O) groups is 3. The van der Waals surface area contributed by atoms with Gasteiger partial charge in [0.2, 0.25) is 12.5 Å². The van der Waals surface area contributed by atoms with Crippen LogP contribution in [0.5, 0.6) is 11.5 Å². The van der Waals surface area contributed by atoms with Crippen LogP contribution in [0.15, 0.2) is 12.1 Å². The van der Waals surface area contributed by atoms with Crippen molar-refractivity contribution in [3.8, 4) is 11.5 Å². The number of nitrogen functional groups attached to an aromatic ring is 1. The Kier molecular flexibility index (Phi) is 7.40. The average molecular weight is 436 g/mol. The van der Waals surface area contributed by atoms with Gasteiger partial charge in [0.1, 0.15) is 11.8 Å². The highest BCUT2D eigenvalue weighted by Crippen LogP contribution is 2.33. The fourth-order valence-electron chi connectivity index (χ4n) is 2.57. The number of carboxylic acid groups (broad SMARTS) is 1. The van der Waals surface area contributed by atoms with Gasteiger partial charge in [-0.3, -0.25) is 9.59 Å². The summed E-state index contributed by atoms with van der Waals surface area (Å²) in [6, 6.07) is 2.79. The molecule has 0 amide bonds. The number of nitrogens with two attached hydrogens (primary N) is 1. The van der Waals surface area contributed by atoms with Gasteiger partial charge < -0.3 is 29.8 Å². The Morgan fingerprint density at radius 2 is 1.71 bits per heavy atom. The molecular formula is C19H24N4O8. The molecule has 1 heterocycles. The van der Waals surface area contributed by atoms with E-state index >= 15 is 0 Å². The molecule has 0 aliphatic heterocycles. The molecule has 1 aromatic heterocycles. The van der Waals surface area contributed by atoms with E-state index in [9.17, 15) is 14.4 Å². The Labute approximate surface area is 177 Å². The van der Waals surface area contributed by atoms with E-state index in [2.05, 4.69) is 10.2 Å². The fourth-order valence-corrected chi connectivity index (χ4v) is 2.57. The smallest absolute Gasteiger partial charge is 0.493 e. The second-order valence-electron chi connectivity index (χ2n) is 6.70. The van der Waals surface area contributed by atoms with Crippen molar-refractivity contribution in [3.63, 3.8) is 0 Å². The summed E-state index contributed by atoms with van der Waals surface area (Å²) in [6.45, 7) is 4.32. The highest BCUT2D eigenvalue weighted by atomic mass is 16.7. The molecular weight excluding hydrogens is 412 g/mol. The molecule has 0 bridgehead atoms. The van der Waals surface area contributed by atoms with E-state index in [0.29, 0.717) is 5.75 Å². The molecule has 0 aliphatic rings. The molecule has 3 N–H and O–H groups in total. The summed E-state index contributed by atoms with van der Waals surface area (Å²) in [5, 5.41) is 17.1. The molecule has 1 atom stereocenters. The third kappa shape index (κ3) is 5.41. The number of hydrogen-bond acceptors (Lipinski definition) is 10. The monoisotopic (exact) mass is 436 g/mol. The molecule has 31 heavy (non-hydrogen) atoms. The summed E-state index contributed by atoms with van der Waals surface area (Å²) in [4.78, 5) is 36.8. The van der Waals surface area contributed by atoms with Crippen LogP contribution in [0, 0.1) is 5.92 Å². The van der Waals surface area contributed by atoms with E-state index < -0.39 is 24.0 Å². The van der Waals surface area contributed by atoms with Gasteiger partial charge in [-0.05, 0) is 13.0 Å². The summed E-state index contributed by atoms with van der Waals surface area (Å²) < 4.78 is 20.1. The lowest BCUT2D eigenvalue weighted by atomic mass is 10.0. The first-order valence-electron chi connectivity index (χ1n) is 9.16. The minimum absolute atomic E-state index is 0.0349. The lowest BCUT2D eigenvalue weighted by Crippen LogP contribution is -2.16. The number of esters is 1. The van der Waals surface area contributed by atoms with Crippen molar-refractivity contribution in [1.82, 2.24) is 15.0 Å². The van der Waals surface area contributed by atoms with Gasteiger partial charge in [-0.15, -0.1) is 9.90 Å². The molecule has 168 valence electrons. The molecule has 0 saturated heterocycles. The number of carbonyl (C=O) groups excluding carboxylic acids is 2. The van der Waals surface area contributed by atoms with Gasteiger partial charge in [-0.1, -0.05) is 13.8 Å². The summed E-state index contributed by atoms with van der Waals surface area (Å²) >= 11 is 0. The number of anilines is 1. The summed E-state index contributed by atoms with van der Waals surface area (Å²) in [6.07, 6.45) is -2.69. The number of aromatic nitrogens is 3. The lowest BCUT2D eigenvalue weighted by molar-refractivity contribution is -0.152. The largest absolute Gasteiger partial charge is 0.506 e. The quantitative estimate of drug-likeness (QED) is 0.335.